The third-order valence-corrected chi connectivity index (χ3v) is 3.81. The van der Waals surface area contributed by atoms with Gasteiger partial charge in [0, 0.05) is 16.7 Å². The van der Waals surface area contributed by atoms with Crippen molar-refractivity contribution in [1.29, 1.82) is 0 Å². The summed E-state index contributed by atoms with van der Waals surface area (Å²) in [6, 6.07) is 4.04. The Labute approximate surface area is 103 Å². The molecule has 17 heavy (non-hydrogen) atoms. The average Bonchev–Trinajstić information content (AvgIpc) is 2.77. The van der Waals surface area contributed by atoms with E-state index in [0.717, 1.165) is 35.5 Å². The Kier molecular flexibility index (Phi) is 3.29. The molecule has 2 rings (SSSR count). The second-order valence-electron chi connectivity index (χ2n) is 4.84. The third-order valence-electron chi connectivity index (χ3n) is 3.81. The molecule has 0 aliphatic heterocycles. The van der Waals surface area contributed by atoms with E-state index < -0.39 is 0 Å². The van der Waals surface area contributed by atoms with Crippen LogP contribution in [0.15, 0.2) is 12.1 Å². The first-order valence-corrected chi connectivity index (χ1v) is 6.13. The van der Waals surface area contributed by atoms with Crippen LogP contribution in [0.3, 0.4) is 0 Å². The summed E-state index contributed by atoms with van der Waals surface area (Å²) >= 11 is 0. The van der Waals surface area contributed by atoms with Gasteiger partial charge in [0.25, 0.3) is 0 Å². The van der Waals surface area contributed by atoms with Gasteiger partial charge in [-0.15, -0.1) is 0 Å². The van der Waals surface area contributed by atoms with Crippen LogP contribution in [0.1, 0.15) is 36.8 Å². The molecule has 0 spiro atoms. The van der Waals surface area contributed by atoms with Crippen molar-refractivity contribution in [2.24, 2.45) is 5.73 Å². The molecule has 3 nitrogen and oxygen atoms in total. The summed E-state index contributed by atoms with van der Waals surface area (Å²) in [5.74, 6) is 1.74. The lowest BCUT2D eigenvalue weighted by Gasteiger charge is -2.27. The van der Waals surface area contributed by atoms with E-state index >= 15 is 0 Å². The van der Waals surface area contributed by atoms with E-state index in [4.69, 9.17) is 15.2 Å². The molecular weight excluding hydrogens is 214 g/mol. The molecule has 0 radical (unpaired) electrons. The zero-order valence-electron chi connectivity index (χ0n) is 10.9. The van der Waals surface area contributed by atoms with Crippen LogP contribution in [0, 0.1) is 6.92 Å². The monoisotopic (exact) mass is 235 g/mol. The van der Waals surface area contributed by atoms with Crippen molar-refractivity contribution in [3.05, 3.63) is 23.3 Å². The van der Waals surface area contributed by atoms with E-state index in [0.29, 0.717) is 0 Å². The highest BCUT2D eigenvalue weighted by Gasteiger charge is 2.34. The SMILES string of the molecule is COc1ccc(C2(N)CCCC2)c(OC)c1C. The van der Waals surface area contributed by atoms with E-state index in [-0.39, 0.29) is 5.54 Å². The van der Waals surface area contributed by atoms with Gasteiger partial charge in [0.2, 0.25) is 0 Å². The van der Waals surface area contributed by atoms with E-state index in [1.807, 2.05) is 13.0 Å². The number of hydrogen-bond acceptors (Lipinski definition) is 3. The molecule has 0 unspecified atom stereocenters. The second kappa shape index (κ2) is 4.57. The molecule has 0 atom stereocenters. The van der Waals surface area contributed by atoms with Crippen molar-refractivity contribution in [3.63, 3.8) is 0 Å². The highest BCUT2D eigenvalue weighted by molar-refractivity contribution is 5.52. The molecular formula is C14H21NO2. The van der Waals surface area contributed by atoms with Crippen LogP contribution in [0.5, 0.6) is 11.5 Å². The quantitative estimate of drug-likeness (QED) is 0.876. The molecule has 0 bridgehead atoms. The maximum Gasteiger partial charge on any atom is 0.130 e. The van der Waals surface area contributed by atoms with Gasteiger partial charge in [-0.1, -0.05) is 12.8 Å². The molecule has 1 aromatic carbocycles. The zero-order valence-corrected chi connectivity index (χ0v) is 10.9. The summed E-state index contributed by atoms with van der Waals surface area (Å²) in [6.45, 7) is 2.01. The fourth-order valence-electron chi connectivity index (χ4n) is 2.83. The van der Waals surface area contributed by atoms with Gasteiger partial charge in [0.1, 0.15) is 11.5 Å². The van der Waals surface area contributed by atoms with Crippen LogP contribution in [-0.4, -0.2) is 14.2 Å². The molecule has 1 aliphatic rings. The Morgan fingerprint density at radius 2 is 1.76 bits per heavy atom. The van der Waals surface area contributed by atoms with Gasteiger partial charge in [-0.05, 0) is 31.9 Å². The zero-order chi connectivity index (χ0) is 12.5. The maximum absolute atomic E-state index is 6.50. The topological polar surface area (TPSA) is 44.5 Å². The Morgan fingerprint density at radius 1 is 1.12 bits per heavy atom. The molecule has 3 heteroatoms. The van der Waals surface area contributed by atoms with E-state index in [9.17, 15) is 0 Å². The largest absolute Gasteiger partial charge is 0.496 e. The fraction of sp³-hybridized carbons (Fsp3) is 0.571. The first-order valence-electron chi connectivity index (χ1n) is 6.13. The number of rotatable bonds is 3. The Hall–Kier alpha value is -1.22. The first kappa shape index (κ1) is 12.2. The smallest absolute Gasteiger partial charge is 0.130 e. The van der Waals surface area contributed by atoms with Gasteiger partial charge in [-0.25, -0.2) is 0 Å². The second-order valence-corrected chi connectivity index (χ2v) is 4.84. The molecule has 0 heterocycles. The lowest BCUT2D eigenvalue weighted by Crippen LogP contribution is -2.33. The lowest BCUT2D eigenvalue weighted by molar-refractivity contribution is 0.365. The van der Waals surface area contributed by atoms with Crippen LogP contribution in [-0.2, 0) is 5.54 Å². The minimum absolute atomic E-state index is 0.220. The molecule has 1 aromatic rings. The van der Waals surface area contributed by atoms with Crippen LogP contribution in [0.2, 0.25) is 0 Å². The van der Waals surface area contributed by atoms with Crippen LogP contribution in [0.4, 0.5) is 0 Å². The number of methoxy groups -OCH3 is 2. The summed E-state index contributed by atoms with van der Waals surface area (Å²) in [7, 11) is 3.37. The van der Waals surface area contributed by atoms with Gasteiger partial charge >= 0.3 is 0 Å². The van der Waals surface area contributed by atoms with Crippen molar-refractivity contribution in [2.45, 2.75) is 38.1 Å². The molecule has 0 aromatic heterocycles. The predicted octanol–water partition coefficient (Wildman–Crippen LogP) is 2.74. The standard InChI is InChI=1S/C14H21NO2/c1-10-12(16-2)7-6-11(13(10)17-3)14(15)8-4-5-9-14/h6-7H,4-5,8-9,15H2,1-3H3. The van der Waals surface area contributed by atoms with Gasteiger partial charge in [-0.3, -0.25) is 0 Å². The molecule has 1 saturated carbocycles. The maximum atomic E-state index is 6.50. The third kappa shape index (κ3) is 2.00. The molecule has 0 saturated heterocycles. The van der Waals surface area contributed by atoms with E-state index in [1.165, 1.54) is 12.8 Å². The molecule has 2 N–H and O–H groups in total. The van der Waals surface area contributed by atoms with Crippen molar-refractivity contribution < 1.29 is 9.47 Å². The van der Waals surface area contributed by atoms with Crippen LogP contribution in [0.25, 0.3) is 0 Å². The van der Waals surface area contributed by atoms with Gasteiger partial charge in [-0.2, -0.15) is 0 Å². The highest BCUT2D eigenvalue weighted by Crippen LogP contribution is 2.43. The summed E-state index contributed by atoms with van der Waals surface area (Å²) in [5.41, 5.74) is 8.43. The number of benzene rings is 1. The van der Waals surface area contributed by atoms with E-state index in [1.54, 1.807) is 14.2 Å². The molecule has 1 aliphatic carbocycles. The fourth-order valence-corrected chi connectivity index (χ4v) is 2.83. The van der Waals surface area contributed by atoms with Gasteiger partial charge in [0.15, 0.2) is 0 Å². The minimum Gasteiger partial charge on any atom is -0.496 e. The summed E-state index contributed by atoms with van der Waals surface area (Å²) in [5, 5.41) is 0. The molecule has 0 amide bonds. The number of ether oxygens (including phenoxy) is 2. The van der Waals surface area contributed by atoms with Gasteiger partial charge < -0.3 is 15.2 Å². The normalized spacial score (nSPS) is 18.1. The number of hydrogen-bond donors (Lipinski definition) is 1. The number of nitrogens with two attached hydrogens (primary N) is 1. The molecule has 94 valence electrons. The van der Waals surface area contributed by atoms with Crippen molar-refractivity contribution >= 4 is 0 Å². The van der Waals surface area contributed by atoms with Gasteiger partial charge in [0.05, 0.1) is 14.2 Å². The summed E-state index contributed by atoms with van der Waals surface area (Å²) in [6.07, 6.45) is 4.47. The van der Waals surface area contributed by atoms with Crippen molar-refractivity contribution in [1.82, 2.24) is 0 Å². The lowest BCUT2D eigenvalue weighted by atomic mass is 9.87. The molecule has 1 fully saturated rings. The summed E-state index contributed by atoms with van der Waals surface area (Å²) < 4.78 is 10.9. The minimum atomic E-state index is -0.220. The Balaban J connectivity index is 2.50. The first-order chi connectivity index (χ1) is 8.12. The highest BCUT2D eigenvalue weighted by atomic mass is 16.5. The predicted molar refractivity (Wildman–Crippen MR) is 68.6 cm³/mol. The average molecular weight is 235 g/mol. The Morgan fingerprint density at radius 3 is 2.29 bits per heavy atom. The van der Waals surface area contributed by atoms with Crippen LogP contribution < -0.4 is 15.2 Å². The van der Waals surface area contributed by atoms with Crippen molar-refractivity contribution in [2.75, 3.05) is 14.2 Å². The van der Waals surface area contributed by atoms with Crippen molar-refractivity contribution in [3.8, 4) is 11.5 Å². The summed E-state index contributed by atoms with van der Waals surface area (Å²) in [4.78, 5) is 0. The Bertz CT molecular complexity index is 409. The van der Waals surface area contributed by atoms with Crippen LogP contribution >= 0.6 is 0 Å². The van der Waals surface area contributed by atoms with E-state index in [2.05, 4.69) is 6.07 Å².